The second-order valence-electron chi connectivity index (χ2n) is 5.77. The number of nitrogens with one attached hydrogen (secondary N) is 1. The maximum atomic E-state index is 12.3. The van der Waals surface area contributed by atoms with Gasteiger partial charge in [0.15, 0.2) is 0 Å². The first-order chi connectivity index (χ1) is 9.97. The lowest BCUT2D eigenvalue weighted by Crippen LogP contribution is -2.33. The van der Waals surface area contributed by atoms with E-state index in [1.54, 1.807) is 4.90 Å². The van der Waals surface area contributed by atoms with Crippen LogP contribution < -0.4 is 5.32 Å². The number of rotatable bonds is 5. The monoisotopic (exact) mass is 288 g/mol. The molecular weight excluding hydrogens is 264 g/mol. The zero-order valence-corrected chi connectivity index (χ0v) is 13.3. The first-order valence-corrected chi connectivity index (χ1v) is 7.64. The molecule has 1 aromatic carbocycles. The number of benzene rings is 1. The van der Waals surface area contributed by atoms with E-state index in [-0.39, 0.29) is 23.7 Å². The highest BCUT2D eigenvalue weighted by molar-refractivity contribution is 5.99. The lowest BCUT2D eigenvalue weighted by atomic mass is 10.1. The number of carbonyl (C=O) groups is 2. The zero-order chi connectivity index (χ0) is 15.6. The number of carbonyl (C=O) groups excluding carboxylic acids is 2. The fourth-order valence-electron chi connectivity index (χ4n) is 2.62. The van der Waals surface area contributed by atoms with Crippen LogP contribution in [-0.4, -0.2) is 29.8 Å². The fraction of sp³-hybridized carbons (Fsp3) is 0.529. The summed E-state index contributed by atoms with van der Waals surface area (Å²) in [7, 11) is 0. The summed E-state index contributed by atoms with van der Waals surface area (Å²) in [4.78, 5) is 26.3. The Bertz CT molecular complexity index is 550. The van der Waals surface area contributed by atoms with E-state index in [1.807, 2.05) is 45.9 Å². The zero-order valence-electron chi connectivity index (χ0n) is 13.3. The summed E-state index contributed by atoms with van der Waals surface area (Å²) in [6.07, 6.45) is 0.673. The van der Waals surface area contributed by atoms with Crippen molar-refractivity contribution < 1.29 is 9.59 Å². The molecule has 1 aliphatic carbocycles. The molecule has 1 fully saturated rings. The second-order valence-corrected chi connectivity index (χ2v) is 5.77. The molecule has 0 aromatic heterocycles. The van der Waals surface area contributed by atoms with Gasteiger partial charge in [0, 0.05) is 18.8 Å². The van der Waals surface area contributed by atoms with Crippen LogP contribution in [0.5, 0.6) is 0 Å². The standard InChI is InChI=1S/C17H24N2O2/c1-5-19(6-2)17(21)14-10-13(14)16(20)18-15-9-11(3)7-8-12(15)4/h7-9,13-14H,5-6,10H2,1-4H3,(H,18,20). The molecule has 21 heavy (non-hydrogen) atoms. The molecule has 4 heteroatoms. The Morgan fingerprint density at radius 3 is 2.48 bits per heavy atom. The molecule has 1 aliphatic rings. The van der Waals surface area contributed by atoms with Crippen LogP contribution in [0, 0.1) is 25.7 Å². The van der Waals surface area contributed by atoms with Crippen LogP contribution in [0.15, 0.2) is 18.2 Å². The van der Waals surface area contributed by atoms with Crippen molar-refractivity contribution in [3.05, 3.63) is 29.3 Å². The van der Waals surface area contributed by atoms with E-state index in [1.165, 1.54) is 0 Å². The molecule has 0 bridgehead atoms. The summed E-state index contributed by atoms with van der Waals surface area (Å²) in [6, 6.07) is 5.99. The van der Waals surface area contributed by atoms with E-state index in [0.717, 1.165) is 16.8 Å². The van der Waals surface area contributed by atoms with Gasteiger partial charge in [0.05, 0.1) is 11.8 Å². The number of anilines is 1. The fourth-order valence-corrected chi connectivity index (χ4v) is 2.62. The Labute approximate surface area is 126 Å². The van der Waals surface area contributed by atoms with Crippen molar-refractivity contribution in [3.63, 3.8) is 0 Å². The van der Waals surface area contributed by atoms with Crippen LogP contribution in [0.2, 0.25) is 0 Å². The molecule has 0 aliphatic heterocycles. The highest BCUT2D eigenvalue weighted by Gasteiger charge is 2.49. The molecule has 2 atom stereocenters. The summed E-state index contributed by atoms with van der Waals surface area (Å²) in [5, 5.41) is 2.96. The molecule has 1 N–H and O–H groups in total. The van der Waals surface area contributed by atoms with E-state index in [4.69, 9.17) is 0 Å². The molecule has 114 valence electrons. The minimum absolute atomic E-state index is 0.0331. The average molecular weight is 288 g/mol. The van der Waals surface area contributed by atoms with Gasteiger partial charge < -0.3 is 10.2 Å². The third kappa shape index (κ3) is 3.43. The van der Waals surface area contributed by atoms with Crippen LogP contribution in [-0.2, 0) is 9.59 Å². The Balaban J connectivity index is 1.97. The molecular formula is C17H24N2O2. The Morgan fingerprint density at radius 2 is 1.86 bits per heavy atom. The SMILES string of the molecule is CCN(CC)C(=O)C1CC1C(=O)Nc1cc(C)ccc1C. The van der Waals surface area contributed by atoms with Gasteiger partial charge in [0.25, 0.3) is 0 Å². The molecule has 0 spiro atoms. The molecule has 0 heterocycles. The number of aryl methyl sites for hydroxylation is 2. The van der Waals surface area contributed by atoms with Gasteiger partial charge in [-0.15, -0.1) is 0 Å². The first kappa shape index (κ1) is 15.5. The van der Waals surface area contributed by atoms with Crippen LogP contribution in [0.4, 0.5) is 5.69 Å². The second kappa shape index (κ2) is 6.29. The first-order valence-electron chi connectivity index (χ1n) is 7.64. The van der Waals surface area contributed by atoms with Gasteiger partial charge in [-0.05, 0) is 51.3 Å². The summed E-state index contributed by atoms with van der Waals surface area (Å²) < 4.78 is 0. The highest BCUT2D eigenvalue weighted by Crippen LogP contribution is 2.41. The van der Waals surface area contributed by atoms with Crippen LogP contribution >= 0.6 is 0 Å². The molecule has 0 saturated heterocycles. The van der Waals surface area contributed by atoms with Crippen molar-refractivity contribution in [2.75, 3.05) is 18.4 Å². The topological polar surface area (TPSA) is 49.4 Å². The van der Waals surface area contributed by atoms with E-state index in [2.05, 4.69) is 5.32 Å². The lowest BCUT2D eigenvalue weighted by Gasteiger charge is -2.18. The van der Waals surface area contributed by atoms with Gasteiger partial charge in [-0.1, -0.05) is 12.1 Å². The summed E-state index contributed by atoms with van der Waals surface area (Å²) in [5.41, 5.74) is 3.00. The normalized spacial score (nSPS) is 20.0. The van der Waals surface area contributed by atoms with Crippen molar-refractivity contribution in [2.24, 2.45) is 11.8 Å². The number of hydrogen-bond acceptors (Lipinski definition) is 2. The lowest BCUT2D eigenvalue weighted by molar-refractivity contribution is -0.133. The van der Waals surface area contributed by atoms with Crippen molar-refractivity contribution in [1.82, 2.24) is 4.90 Å². The van der Waals surface area contributed by atoms with E-state index in [9.17, 15) is 9.59 Å². The Hall–Kier alpha value is -1.84. The van der Waals surface area contributed by atoms with Gasteiger partial charge in [0.1, 0.15) is 0 Å². The van der Waals surface area contributed by atoms with Gasteiger partial charge in [-0.3, -0.25) is 9.59 Å². The third-order valence-electron chi connectivity index (χ3n) is 4.17. The predicted molar refractivity (Wildman–Crippen MR) is 84.1 cm³/mol. The third-order valence-corrected chi connectivity index (χ3v) is 4.17. The molecule has 0 radical (unpaired) electrons. The Morgan fingerprint density at radius 1 is 1.19 bits per heavy atom. The smallest absolute Gasteiger partial charge is 0.228 e. The van der Waals surface area contributed by atoms with Gasteiger partial charge in [-0.2, -0.15) is 0 Å². The van der Waals surface area contributed by atoms with Crippen molar-refractivity contribution in [2.45, 2.75) is 34.1 Å². The minimum Gasteiger partial charge on any atom is -0.343 e. The highest BCUT2D eigenvalue weighted by atomic mass is 16.2. The Kier molecular flexibility index (Phi) is 4.66. The molecule has 2 unspecified atom stereocenters. The quantitative estimate of drug-likeness (QED) is 0.905. The van der Waals surface area contributed by atoms with Gasteiger partial charge in [0.2, 0.25) is 11.8 Å². The maximum Gasteiger partial charge on any atom is 0.228 e. The largest absolute Gasteiger partial charge is 0.343 e. The molecule has 2 amide bonds. The van der Waals surface area contributed by atoms with Gasteiger partial charge >= 0.3 is 0 Å². The number of hydrogen-bond donors (Lipinski definition) is 1. The molecule has 1 aromatic rings. The minimum atomic E-state index is -0.169. The predicted octanol–water partition coefficient (Wildman–Crippen LogP) is 2.75. The average Bonchev–Trinajstić information content (AvgIpc) is 3.24. The summed E-state index contributed by atoms with van der Waals surface area (Å²) in [5.74, 6) is -0.219. The molecule has 4 nitrogen and oxygen atoms in total. The summed E-state index contributed by atoms with van der Waals surface area (Å²) in [6.45, 7) is 9.32. The van der Waals surface area contributed by atoms with E-state index >= 15 is 0 Å². The van der Waals surface area contributed by atoms with Crippen molar-refractivity contribution in [3.8, 4) is 0 Å². The van der Waals surface area contributed by atoms with Gasteiger partial charge in [-0.25, -0.2) is 0 Å². The van der Waals surface area contributed by atoms with Crippen molar-refractivity contribution >= 4 is 17.5 Å². The van der Waals surface area contributed by atoms with E-state index < -0.39 is 0 Å². The molecule has 2 rings (SSSR count). The van der Waals surface area contributed by atoms with Crippen LogP contribution in [0.25, 0.3) is 0 Å². The number of nitrogens with zero attached hydrogens (tertiary/aromatic N) is 1. The number of amides is 2. The maximum absolute atomic E-state index is 12.3. The van der Waals surface area contributed by atoms with E-state index in [0.29, 0.717) is 19.5 Å². The van der Waals surface area contributed by atoms with Crippen LogP contribution in [0.3, 0.4) is 0 Å². The molecule has 1 saturated carbocycles. The van der Waals surface area contributed by atoms with Crippen molar-refractivity contribution in [1.29, 1.82) is 0 Å². The van der Waals surface area contributed by atoms with Crippen LogP contribution in [0.1, 0.15) is 31.4 Å². The summed E-state index contributed by atoms with van der Waals surface area (Å²) >= 11 is 0.